The fourth-order valence-electron chi connectivity index (χ4n) is 2.49. The zero-order chi connectivity index (χ0) is 11.1. The van der Waals surface area contributed by atoms with Crippen LogP contribution in [0.2, 0.25) is 0 Å². The van der Waals surface area contributed by atoms with Gasteiger partial charge in [-0.25, -0.2) is 4.68 Å². The maximum absolute atomic E-state index is 6.35. The lowest BCUT2D eigenvalue weighted by molar-refractivity contribution is 0.255. The van der Waals surface area contributed by atoms with E-state index in [9.17, 15) is 0 Å². The van der Waals surface area contributed by atoms with Gasteiger partial charge in [-0.05, 0) is 34.2 Å². The number of nitrogens with two attached hydrogens (primary N) is 1. The van der Waals surface area contributed by atoms with Crippen molar-refractivity contribution < 1.29 is 0 Å². The molecule has 1 aromatic heterocycles. The molecule has 1 aliphatic carbocycles. The molecule has 5 heteroatoms. The van der Waals surface area contributed by atoms with Gasteiger partial charge in [-0.1, -0.05) is 25.0 Å². The monoisotopic (exact) mass is 272 g/mol. The summed E-state index contributed by atoms with van der Waals surface area (Å²) in [5, 5.41) is 7.97. The van der Waals surface area contributed by atoms with E-state index in [-0.39, 0.29) is 11.5 Å². The molecule has 1 saturated carbocycles. The Kier molecular flexibility index (Phi) is 2.85. The van der Waals surface area contributed by atoms with Crippen LogP contribution in [-0.2, 0) is 7.05 Å². The van der Waals surface area contributed by atoms with Crippen LogP contribution in [0.3, 0.4) is 0 Å². The highest BCUT2D eigenvalue weighted by molar-refractivity contribution is 9.10. The van der Waals surface area contributed by atoms with Crippen LogP contribution in [0.1, 0.15) is 44.3 Å². The highest BCUT2D eigenvalue weighted by atomic mass is 79.9. The molecule has 84 valence electrons. The lowest BCUT2D eigenvalue weighted by atomic mass is 9.80. The van der Waals surface area contributed by atoms with E-state index >= 15 is 0 Å². The van der Waals surface area contributed by atoms with Crippen LogP contribution in [0.15, 0.2) is 4.60 Å². The molecule has 1 aliphatic rings. The highest BCUT2D eigenvalue weighted by Crippen LogP contribution is 2.46. The zero-order valence-corrected chi connectivity index (χ0v) is 10.8. The SMILES string of the molecule is Cn1nnc(Br)c1C(N)C1(C)CCCC1. The Labute approximate surface area is 98.3 Å². The molecule has 0 saturated heterocycles. The first kappa shape index (κ1) is 11.1. The van der Waals surface area contributed by atoms with Crippen molar-refractivity contribution >= 4 is 15.9 Å². The normalized spacial score (nSPS) is 21.9. The molecular formula is C10H17BrN4. The maximum Gasteiger partial charge on any atom is 0.153 e. The van der Waals surface area contributed by atoms with Gasteiger partial charge in [0.1, 0.15) is 0 Å². The third-order valence-corrected chi connectivity index (χ3v) is 4.18. The number of hydrogen-bond donors (Lipinski definition) is 1. The third-order valence-electron chi connectivity index (χ3n) is 3.62. The van der Waals surface area contributed by atoms with Gasteiger partial charge in [-0.2, -0.15) is 0 Å². The smallest absolute Gasteiger partial charge is 0.153 e. The van der Waals surface area contributed by atoms with Gasteiger partial charge in [0.15, 0.2) is 4.60 Å². The summed E-state index contributed by atoms with van der Waals surface area (Å²) in [6.07, 6.45) is 4.97. The van der Waals surface area contributed by atoms with Gasteiger partial charge in [0, 0.05) is 7.05 Å². The molecule has 0 amide bonds. The predicted octanol–water partition coefficient (Wildman–Crippen LogP) is 2.16. The minimum absolute atomic E-state index is 0.0226. The minimum Gasteiger partial charge on any atom is -0.322 e. The summed E-state index contributed by atoms with van der Waals surface area (Å²) in [5.41, 5.74) is 7.57. The Morgan fingerprint density at radius 1 is 1.47 bits per heavy atom. The molecular weight excluding hydrogens is 256 g/mol. The van der Waals surface area contributed by atoms with E-state index < -0.39 is 0 Å². The molecule has 1 atom stereocenters. The first-order valence-electron chi connectivity index (χ1n) is 5.35. The van der Waals surface area contributed by atoms with Crippen LogP contribution < -0.4 is 5.73 Å². The molecule has 1 fully saturated rings. The van der Waals surface area contributed by atoms with Gasteiger partial charge in [0.2, 0.25) is 0 Å². The summed E-state index contributed by atoms with van der Waals surface area (Å²) in [5.74, 6) is 0. The van der Waals surface area contributed by atoms with E-state index in [1.165, 1.54) is 25.7 Å². The van der Waals surface area contributed by atoms with Gasteiger partial charge in [-0.15, -0.1) is 5.10 Å². The van der Waals surface area contributed by atoms with E-state index in [1.807, 2.05) is 7.05 Å². The van der Waals surface area contributed by atoms with E-state index in [1.54, 1.807) is 4.68 Å². The van der Waals surface area contributed by atoms with Crippen molar-refractivity contribution in [2.24, 2.45) is 18.2 Å². The van der Waals surface area contributed by atoms with Crippen molar-refractivity contribution in [3.63, 3.8) is 0 Å². The Hall–Kier alpha value is -0.420. The maximum atomic E-state index is 6.35. The molecule has 4 nitrogen and oxygen atoms in total. The van der Waals surface area contributed by atoms with E-state index in [2.05, 4.69) is 33.2 Å². The van der Waals surface area contributed by atoms with Crippen molar-refractivity contribution in [2.45, 2.75) is 38.6 Å². The number of aromatic nitrogens is 3. The number of hydrogen-bond acceptors (Lipinski definition) is 3. The Morgan fingerprint density at radius 3 is 2.53 bits per heavy atom. The fraction of sp³-hybridized carbons (Fsp3) is 0.800. The average Bonchev–Trinajstić information content (AvgIpc) is 2.75. The van der Waals surface area contributed by atoms with Crippen molar-refractivity contribution in [3.05, 3.63) is 10.3 Å². The molecule has 0 bridgehead atoms. The lowest BCUT2D eigenvalue weighted by Gasteiger charge is -2.30. The molecule has 0 aromatic carbocycles. The summed E-state index contributed by atoms with van der Waals surface area (Å²) in [7, 11) is 1.89. The second-order valence-electron chi connectivity index (χ2n) is 4.73. The summed E-state index contributed by atoms with van der Waals surface area (Å²) < 4.78 is 2.56. The number of halogens is 1. The Morgan fingerprint density at radius 2 is 2.07 bits per heavy atom. The summed E-state index contributed by atoms with van der Waals surface area (Å²) in [6, 6.07) is 0.0226. The van der Waals surface area contributed by atoms with Crippen LogP contribution in [0.4, 0.5) is 0 Å². The number of rotatable bonds is 2. The largest absolute Gasteiger partial charge is 0.322 e. The van der Waals surface area contributed by atoms with E-state index in [0.717, 1.165) is 10.3 Å². The van der Waals surface area contributed by atoms with E-state index in [4.69, 9.17) is 5.73 Å². The van der Waals surface area contributed by atoms with Gasteiger partial charge >= 0.3 is 0 Å². The van der Waals surface area contributed by atoms with Crippen LogP contribution >= 0.6 is 15.9 Å². The first-order valence-corrected chi connectivity index (χ1v) is 6.14. The summed E-state index contributed by atoms with van der Waals surface area (Å²) in [6.45, 7) is 2.27. The second kappa shape index (κ2) is 3.87. The van der Waals surface area contributed by atoms with Crippen molar-refractivity contribution in [2.75, 3.05) is 0 Å². The quantitative estimate of drug-likeness (QED) is 0.898. The van der Waals surface area contributed by atoms with Crippen LogP contribution in [-0.4, -0.2) is 15.0 Å². The third kappa shape index (κ3) is 1.83. The van der Waals surface area contributed by atoms with Gasteiger partial charge in [-0.3, -0.25) is 0 Å². The van der Waals surface area contributed by atoms with Crippen LogP contribution in [0.5, 0.6) is 0 Å². The van der Waals surface area contributed by atoms with Gasteiger partial charge in [0.05, 0.1) is 11.7 Å². The molecule has 0 aliphatic heterocycles. The van der Waals surface area contributed by atoms with Crippen molar-refractivity contribution in [1.82, 2.24) is 15.0 Å². The van der Waals surface area contributed by atoms with Crippen molar-refractivity contribution in [1.29, 1.82) is 0 Å². The molecule has 0 spiro atoms. The molecule has 2 rings (SSSR count). The molecule has 0 radical (unpaired) electrons. The summed E-state index contributed by atoms with van der Waals surface area (Å²) >= 11 is 3.41. The standard InChI is InChI=1S/C10H17BrN4/c1-10(5-3-4-6-10)8(12)7-9(11)13-14-15(7)2/h8H,3-6,12H2,1-2H3. The fourth-order valence-corrected chi connectivity index (χ4v) is 3.07. The molecule has 2 N–H and O–H groups in total. The number of aryl methyl sites for hydroxylation is 1. The summed E-state index contributed by atoms with van der Waals surface area (Å²) in [4.78, 5) is 0. The van der Waals surface area contributed by atoms with E-state index in [0.29, 0.717) is 0 Å². The molecule has 1 unspecified atom stereocenters. The predicted molar refractivity (Wildman–Crippen MR) is 62.2 cm³/mol. The average molecular weight is 273 g/mol. The lowest BCUT2D eigenvalue weighted by Crippen LogP contribution is -2.31. The highest BCUT2D eigenvalue weighted by Gasteiger charge is 2.38. The molecule has 15 heavy (non-hydrogen) atoms. The van der Waals surface area contributed by atoms with Crippen LogP contribution in [0.25, 0.3) is 0 Å². The Bertz CT molecular complexity index is 335. The molecule has 1 aromatic rings. The second-order valence-corrected chi connectivity index (χ2v) is 5.48. The van der Waals surface area contributed by atoms with Crippen molar-refractivity contribution in [3.8, 4) is 0 Å². The Balaban J connectivity index is 2.31. The topological polar surface area (TPSA) is 56.7 Å². The first-order chi connectivity index (χ1) is 7.04. The zero-order valence-electron chi connectivity index (χ0n) is 9.20. The number of nitrogens with zero attached hydrogens (tertiary/aromatic N) is 3. The van der Waals surface area contributed by atoms with Gasteiger partial charge in [0.25, 0.3) is 0 Å². The molecule has 1 heterocycles. The van der Waals surface area contributed by atoms with Crippen LogP contribution in [0, 0.1) is 5.41 Å². The van der Waals surface area contributed by atoms with Gasteiger partial charge < -0.3 is 5.73 Å². The minimum atomic E-state index is 0.0226.